The van der Waals surface area contributed by atoms with E-state index in [1.807, 2.05) is 0 Å². The molecular weight excluding hydrogens is 140 g/mol. The van der Waals surface area contributed by atoms with Gasteiger partial charge in [-0.25, -0.2) is 0 Å². The first-order valence-corrected chi connectivity index (χ1v) is 4.05. The minimum Gasteiger partial charge on any atom is -0.363 e. The first-order chi connectivity index (χ1) is 5.27. The van der Waals surface area contributed by atoms with Gasteiger partial charge in [0.15, 0.2) is 0 Å². The van der Waals surface area contributed by atoms with Gasteiger partial charge in [0.25, 0.3) is 0 Å². The van der Waals surface area contributed by atoms with E-state index in [-0.39, 0.29) is 12.2 Å². The van der Waals surface area contributed by atoms with Crippen LogP contribution in [0.25, 0.3) is 0 Å². The Kier molecular flexibility index (Phi) is 2.83. The topological polar surface area (TPSA) is 26.3 Å². The lowest BCUT2D eigenvalue weighted by molar-refractivity contribution is -0.121. The van der Waals surface area contributed by atoms with Gasteiger partial charge in [-0.15, -0.1) is 0 Å². The number of carbonyl (C=O) groups is 1. The Morgan fingerprint density at radius 3 is 3.09 bits per heavy atom. The van der Waals surface area contributed by atoms with Gasteiger partial charge in [-0.3, -0.25) is 0 Å². The molecule has 1 rings (SSSR count). The van der Waals surface area contributed by atoms with Crippen molar-refractivity contribution in [3.63, 3.8) is 0 Å². The van der Waals surface area contributed by atoms with Crippen LogP contribution in [0.4, 0.5) is 0 Å². The highest BCUT2D eigenvalue weighted by atomic mass is 16.5. The summed E-state index contributed by atoms with van der Waals surface area (Å²) in [5, 5.41) is 0. The van der Waals surface area contributed by atoms with Gasteiger partial charge in [0, 0.05) is 0 Å². The Labute approximate surface area is 67.2 Å². The third-order valence-electron chi connectivity index (χ3n) is 2.04. The second kappa shape index (κ2) is 3.67. The van der Waals surface area contributed by atoms with Gasteiger partial charge in [-0.05, 0) is 25.3 Å². The molecule has 0 spiro atoms. The van der Waals surface area contributed by atoms with E-state index in [0.717, 1.165) is 19.1 Å². The smallest absolute Gasteiger partial charge is 0.149 e. The second-order valence-corrected chi connectivity index (χ2v) is 2.89. The summed E-state index contributed by atoms with van der Waals surface area (Å²) in [5.74, 6) is 0. The molecule has 1 heterocycles. The van der Waals surface area contributed by atoms with Crippen LogP contribution in [0.2, 0.25) is 0 Å². The standard InChI is InChI=1S/C9H14O2/c1-3-9-7(2)4-5-8(6-10)11-9/h4,6,8-9H,3,5H2,1-2H3/t8-,9-/m1/s1. The number of hydrogen-bond acceptors (Lipinski definition) is 2. The summed E-state index contributed by atoms with van der Waals surface area (Å²) in [7, 11) is 0. The molecule has 0 unspecified atom stereocenters. The molecule has 1 aliphatic heterocycles. The Bertz CT molecular complexity index is 172. The molecule has 0 amide bonds. The van der Waals surface area contributed by atoms with Crippen LogP contribution >= 0.6 is 0 Å². The molecule has 11 heavy (non-hydrogen) atoms. The summed E-state index contributed by atoms with van der Waals surface area (Å²) >= 11 is 0. The first-order valence-electron chi connectivity index (χ1n) is 4.05. The van der Waals surface area contributed by atoms with Gasteiger partial charge in [-0.1, -0.05) is 13.0 Å². The first kappa shape index (κ1) is 8.47. The molecule has 1 aliphatic rings. The zero-order valence-corrected chi connectivity index (χ0v) is 7.04. The molecule has 2 heteroatoms. The molecule has 0 aromatic rings. The number of ether oxygens (including phenoxy) is 1. The summed E-state index contributed by atoms with van der Waals surface area (Å²) in [6, 6.07) is 0. The highest BCUT2D eigenvalue weighted by Gasteiger charge is 2.19. The summed E-state index contributed by atoms with van der Waals surface area (Å²) < 4.78 is 5.46. The molecule has 0 saturated heterocycles. The van der Waals surface area contributed by atoms with Crippen molar-refractivity contribution in [1.29, 1.82) is 0 Å². The van der Waals surface area contributed by atoms with E-state index < -0.39 is 0 Å². The van der Waals surface area contributed by atoms with Crippen LogP contribution in [0.5, 0.6) is 0 Å². The largest absolute Gasteiger partial charge is 0.363 e. The molecule has 0 fully saturated rings. The van der Waals surface area contributed by atoms with Gasteiger partial charge in [0.1, 0.15) is 12.4 Å². The lowest BCUT2D eigenvalue weighted by atomic mass is 10.0. The van der Waals surface area contributed by atoms with Crippen LogP contribution in [-0.2, 0) is 9.53 Å². The van der Waals surface area contributed by atoms with Crippen molar-refractivity contribution < 1.29 is 9.53 Å². The Morgan fingerprint density at radius 2 is 2.55 bits per heavy atom. The molecule has 2 atom stereocenters. The third-order valence-corrected chi connectivity index (χ3v) is 2.04. The van der Waals surface area contributed by atoms with E-state index in [1.54, 1.807) is 0 Å². The molecule has 0 aromatic heterocycles. The van der Waals surface area contributed by atoms with E-state index in [1.165, 1.54) is 5.57 Å². The zero-order chi connectivity index (χ0) is 8.27. The van der Waals surface area contributed by atoms with Crippen molar-refractivity contribution in [1.82, 2.24) is 0 Å². The van der Waals surface area contributed by atoms with E-state index in [9.17, 15) is 4.79 Å². The van der Waals surface area contributed by atoms with Gasteiger partial charge in [0.2, 0.25) is 0 Å². The predicted molar refractivity (Wildman–Crippen MR) is 43.4 cm³/mol. The summed E-state index contributed by atoms with van der Waals surface area (Å²) in [6.07, 6.45) is 4.63. The summed E-state index contributed by atoms with van der Waals surface area (Å²) in [4.78, 5) is 10.4. The maximum atomic E-state index is 10.4. The van der Waals surface area contributed by atoms with Crippen LogP contribution in [0.3, 0.4) is 0 Å². The van der Waals surface area contributed by atoms with Crippen LogP contribution in [-0.4, -0.2) is 18.5 Å². The highest BCUT2D eigenvalue weighted by Crippen LogP contribution is 2.19. The number of aldehydes is 1. The molecule has 0 saturated carbocycles. The van der Waals surface area contributed by atoms with Crippen LogP contribution in [0.15, 0.2) is 11.6 Å². The summed E-state index contributed by atoms with van der Waals surface area (Å²) in [5.41, 5.74) is 1.26. The van der Waals surface area contributed by atoms with Gasteiger partial charge < -0.3 is 9.53 Å². The molecular formula is C9H14O2. The fourth-order valence-electron chi connectivity index (χ4n) is 1.31. The zero-order valence-electron chi connectivity index (χ0n) is 7.04. The van der Waals surface area contributed by atoms with Gasteiger partial charge in [-0.2, -0.15) is 0 Å². The molecule has 0 aliphatic carbocycles. The average Bonchev–Trinajstić information content (AvgIpc) is 2.05. The predicted octanol–water partition coefficient (Wildman–Crippen LogP) is 1.70. The van der Waals surface area contributed by atoms with E-state index in [2.05, 4.69) is 19.9 Å². The number of hydrogen-bond donors (Lipinski definition) is 0. The maximum absolute atomic E-state index is 10.4. The minimum absolute atomic E-state index is 0.166. The van der Waals surface area contributed by atoms with E-state index in [0.29, 0.717) is 0 Å². The third kappa shape index (κ3) is 1.90. The van der Waals surface area contributed by atoms with Crippen molar-refractivity contribution in [3.8, 4) is 0 Å². The quantitative estimate of drug-likeness (QED) is 0.447. The highest BCUT2D eigenvalue weighted by molar-refractivity contribution is 5.57. The maximum Gasteiger partial charge on any atom is 0.149 e. The molecule has 0 radical (unpaired) electrons. The molecule has 62 valence electrons. The summed E-state index contributed by atoms with van der Waals surface area (Å²) in [6.45, 7) is 4.12. The average molecular weight is 154 g/mol. The fraction of sp³-hybridized carbons (Fsp3) is 0.667. The number of carbonyl (C=O) groups excluding carboxylic acids is 1. The van der Waals surface area contributed by atoms with E-state index in [4.69, 9.17) is 4.74 Å². The van der Waals surface area contributed by atoms with E-state index >= 15 is 0 Å². The molecule has 0 bridgehead atoms. The van der Waals surface area contributed by atoms with Crippen molar-refractivity contribution in [3.05, 3.63) is 11.6 Å². The van der Waals surface area contributed by atoms with Crippen LogP contribution in [0, 0.1) is 0 Å². The van der Waals surface area contributed by atoms with Gasteiger partial charge in [0.05, 0.1) is 6.10 Å². The molecule has 0 N–H and O–H groups in total. The Morgan fingerprint density at radius 1 is 1.82 bits per heavy atom. The lowest BCUT2D eigenvalue weighted by Gasteiger charge is -2.25. The fourth-order valence-corrected chi connectivity index (χ4v) is 1.31. The Balaban J connectivity index is 2.60. The van der Waals surface area contributed by atoms with Crippen molar-refractivity contribution >= 4 is 6.29 Å². The number of rotatable bonds is 2. The SMILES string of the molecule is CC[C@H]1O[C@@H](C=O)CC=C1C. The van der Waals surface area contributed by atoms with Crippen LogP contribution < -0.4 is 0 Å². The van der Waals surface area contributed by atoms with Crippen molar-refractivity contribution in [2.75, 3.05) is 0 Å². The molecule has 2 nitrogen and oxygen atoms in total. The monoisotopic (exact) mass is 154 g/mol. The Hall–Kier alpha value is -0.630. The van der Waals surface area contributed by atoms with Crippen LogP contribution in [0.1, 0.15) is 26.7 Å². The minimum atomic E-state index is -0.205. The second-order valence-electron chi connectivity index (χ2n) is 2.89. The molecule has 0 aromatic carbocycles. The normalized spacial score (nSPS) is 31.3. The van der Waals surface area contributed by atoms with Crippen molar-refractivity contribution in [2.45, 2.75) is 38.9 Å². The lowest BCUT2D eigenvalue weighted by Crippen LogP contribution is -2.27. The van der Waals surface area contributed by atoms with Gasteiger partial charge >= 0.3 is 0 Å². The van der Waals surface area contributed by atoms with Crippen molar-refractivity contribution in [2.24, 2.45) is 0 Å².